The van der Waals surface area contributed by atoms with E-state index in [9.17, 15) is 22.0 Å². The fraction of sp³-hybridized carbons (Fsp3) is 0.286. The molecule has 22 heavy (non-hydrogen) atoms. The summed E-state index contributed by atoms with van der Waals surface area (Å²) in [6.45, 7) is 1.68. The Morgan fingerprint density at radius 3 is 2.55 bits per heavy atom. The minimum Gasteiger partial charge on any atom is -0.347 e. The highest BCUT2D eigenvalue weighted by atomic mass is 19.4. The molecule has 0 saturated carbocycles. The van der Waals surface area contributed by atoms with Crippen molar-refractivity contribution in [2.45, 2.75) is 25.6 Å². The van der Waals surface area contributed by atoms with Gasteiger partial charge in [0.1, 0.15) is 17.3 Å². The summed E-state index contributed by atoms with van der Waals surface area (Å²) in [6, 6.07) is 2.90. The fourth-order valence-corrected chi connectivity index (χ4v) is 1.92. The molecular formula is C14H12F5N3. The summed E-state index contributed by atoms with van der Waals surface area (Å²) < 4.78 is 64.8. The number of alkyl halides is 3. The van der Waals surface area contributed by atoms with E-state index in [4.69, 9.17) is 0 Å². The molecule has 0 amide bonds. The van der Waals surface area contributed by atoms with Crippen LogP contribution in [0.15, 0.2) is 30.5 Å². The maximum atomic E-state index is 13.8. The van der Waals surface area contributed by atoms with Crippen molar-refractivity contribution in [2.24, 2.45) is 0 Å². The molecule has 0 saturated heterocycles. The lowest BCUT2D eigenvalue weighted by molar-refractivity contribution is -0.141. The molecule has 1 atom stereocenters. The molecule has 2 aromatic rings. The van der Waals surface area contributed by atoms with Crippen LogP contribution in [0.1, 0.15) is 30.6 Å². The third-order valence-electron chi connectivity index (χ3n) is 2.99. The van der Waals surface area contributed by atoms with Crippen LogP contribution >= 0.6 is 0 Å². The van der Waals surface area contributed by atoms with Crippen molar-refractivity contribution in [2.75, 3.05) is 5.32 Å². The van der Waals surface area contributed by atoms with Crippen molar-refractivity contribution >= 4 is 5.95 Å². The van der Waals surface area contributed by atoms with Crippen LogP contribution in [0, 0.1) is 11.6 Å². The number of rotatable bonds is 4. The van der Waals surface area contributed by atoms with Gasteiger partial charge in [-0.1, -0.05) is 6.92 Å². The number of nitrogens with zero attached hydrogens (tertiary/aromatic N) is 2. The monoisotopic (exact) mass is 317 g/mol. The maximum Gasteiger partial charge on any atom is 0.433 e. The fourth-order valence-electron chi connectivity index (χ4n) is 1.92. The van der Waals surface area contributed by atoms with Gasteiger partial charge in [0.05, 0.1) is 6.04 Å². The zero-order valence-electron chi connectivity index (χ0n) is 11.5. The molecule has 0 spiro atoms. The Morgan fingerprint density at radius 2 is 1.91 bits per heavy atom. The molecule has 0 bridgehead atoms. The first-order chi connectivity index (χ1) is 10.3. The van der Waals surface area contributed by atoms with Gasteiger partial charge in [0.15, 0.2) is 0 Å². The Bertz CT molecular complexity index is 657. The summed E-state index contributed by atoms with van der Waals surface area (Å²) in [5.74, 6) is -1.60. The minimum absolute atomic E-state index is 0.00325. The van der Waals surface area contributed by atoms with E-state index in [0.29, 0.717) is 6.42 Å². The van der Waals surface area contributed by atoms with Gasteiger partial charge in [0.2, 0.25) is 5.95 Å². The number of anilines is 1. The van der Waals surface area contributed by atoms with Crippen LogP contribution in [0.3, 0.4) is 0 Å². The summed E-state index contributed by atoms with van der Waals surface area (Å²) in [5, 5.41) is 2.60. The van der Waals surface area contributed by atoms with Gasteiger partial charge in [-0.2, -0.15) is 13.2 Å². The van der Waals surface area contributed by atoms with Crippen molar-refractivity contribution in [3.63, 3.8) is 0 Å². The molecule has 2 rings (SSSR count). The normalized spacial score (nSPS) is 13.0. The van der Waals surface area contributed by atoms with E-state index in [1.807, 2.05) is 0 Å². The Hall–Kier alpha value is -2.25. The smallest absolute Gasteiger partial charge is 0.347 e. The van der Waals surface area contributed by atoms with E-state index in [1.54, 1.807) is 6.92 Å². The number of aromatic nitrogens is 2. The Balaban J connectivity index is 2.29. The number of hydrogen-bond donors (Lipinski definition) is 1. The average molecular weight is 317 g/mol. The lowest BCUT2D eigenvalue weighted by Crippen LogP contribution is -2.16. The molecule has 1 aromatic carbocycles. The van der Waals surface area contributed by atoms with Gasteiger partial charge in [-0.25, -0.2) is 18.7 Å². The maximum absolute atomic E-state index is 13.8. The quantitative estimate of drug-likeness (QED) is 0.853. The Labute approximate surface area is 123 Å². The van der Waals surface area contributed by atoms with Crippen molar-refractivity contribution in [3.8, 4) is 0 Å². The number of nitrogens with one attached hydrogen (secondary N) is 1. The molecule has 8 heteroatoms. The second-order valence-corrected chi connectivity index (χ2v) is 4.53. The van der Waals surface area contributed by atoms with E-state index >= 15 is 0 Å². The predicted octanol–water partition coefficient (Wildman–Crippen LogP) is 4.34. The SMILES string of the molecule is CCC(Nc1nccc(C(F)(F)F)n1)c1cc(F)ccc1F. The molecule has 1 N–H and O–H groups in total. The van der Waals surface area contributed by atoms with Gasteiger partial charge in [-0.05, 0) is 30.7 Å². The Kier molecular flexibility index (Phi) is 4.58. The van der Waals surface area contributed by atoms with Crippen LogP contribution in [-0.2, 0) is 6.18 Å². The first kappa shape index (κ1) is 16.1. The molecule has 0 aliphatic heterocycles. The van der Waals surface area contributed by atoms with E-state index < -0.39 is 29.5 Å². The molecule has 1 heterocycles. The first-order valence-corrected chi connectivity index (χ1v) is 6.43. The van der Waals surface area contributed by atoms with Crippen LogP contribution in [0.25, 0.3) is 0 Å². The van der Waals surface area contributed by atoms with Gasteiger partial charge < -0.3 is 5.32 Å². The van der Waals surface area contributed by atoms with E-state index in [-0.39, 0.29) is 11.5 Å². The van der Waals surface area contributed by atoms with Crippen molar-refractivity contribution in [1.82, 2.24) is 9.97 Å². The first-order valence-electron chi connectivity index (χ1n) is 6.43. The van der Waals surface area contributed by atoms with Crippen molar-refractivity contribution in [3.05, 3.63) is 53.4 Å². The van der Waals surface area contributed by atoms with Gasteiger partial charge in [0.25, 0.3) is 0 Å². The van der Waals surface area contributed by atoms with Crippen LogP contribution in [-0.4, -0.2) is 9.97 Å². The highest BCUT2D eigenvalue weighted by Gasteiger charge is 2.33. The number of benzene rings is 1. The zero-order chi connectivity index (χ0) is 16.3. The largest absolute Gasteiger partial charge is 0.433 e. The van der Waals surface area contributed by atoms with Crippen LogP contribution < -0.4 is 5.32 Å². The lowest BCUT2D eigenvalue weighted by atomic mass is 10.0. The predicted molar refractivity (Wildman–Crippen MR) is 70.0 cm³/mol. The third-order valence-corrected chi connectivity index (χ3v) is 2.99. The van der Waals surface area contributed by atoms with Gasteiger partial charge in [0, 0.05) is 11.8 Å². The average Bonchev–Trinajstić information content (AvgIpc) is 2.47. The molecule has 118 valence electrons. The van der Waals surface area contributed by atoms with Crippen LogP contribution in [0.5, 0.6) is 0 Å². The molecule has 1 aromatic heterocycles. The highest BCUT2D eigenvalue weighted by molar-refractivity contribution is 5.33. The minimum atomic E-state index is -4.61. The van der Waals surface area contributed by atoms with E-state index in [1.165, 1.54) is 0 Å². The highest BCUT2D eigenvalue weighted by Crippen LogP contribution is 2.29. The van der Waals surface area contributed by atoms with E-state index in [0.717, 1.165) is 30.5 Å². The second-order valence-electron chi connectivity index (χ2n) is 4.53. The molecule has 0 fully saturated rings. The summed E-state index contributed by atoms with van der Waals surface area (Å²) in [7, 11) is 0. The van der Waals surface area contributed by atoms with Crippen LogP contribution in [0.4, 0.5) is 27.9 Å². The lowest BCUT2D eigenvalue weighted by Gasteiger charge is -2.18. The second kappa shape index (κ2) is 6.25. The van der Waals surface area contributed by atoms with Gasteiger partial charge in [-0.3, -0.25) is 0 Å². The third kappa shape index (κ3) is 3.69. The molecule has 0 aliphatic carbocycles. The summed E-state index contributed by atoms with van der Waals surface area (Å²) in [6.07, 6.45) is -3.35. The van der Waals surface area contributed by atoms with Crippen molar-refractivity contribution < 1.29 is 22.0 Å². The van der Waals surface area contributed by atoms with Crippen LogP contribution in [0.2, 0.25) is 0 Å². The molecule has 0 aliphatic rings. The van der Waals surface area contributed by atoms with Gasteiger partial charge in [-0.15, -0.1) is 0 Å². The summed E-state index contributed by atoms with van der Waals surface area (Å²) in [5.41, 5.74) is -1.11. The Morgan fingerprint density at radius 1 is 1.18 bits per heavy atom. The zero-order valence-corrected chi connectivity index (χ0v) is 11.5. The number of halogens is 5. The summed E-state index contributed by atoms with van der Waals surface area (Å²) >= 11 is 0. The molecule has 1 unspecified atom stereocenters. The summed E-state index contributed by atoms with van der Waals surface area (Å²) in [4.78, 5) is 7.03. The number of hydrogen-bond acceptors (Lipinski definition) is 3. The van der Waals surface area contributed by atoms with E-state index in [2.05, 4.69) is 15.3 Å². The molecular weight excluding hydrogens is 305 g/mol. The van der Waals surface area contributed by atoms with Gasteiger partial charge >= 0.3 is 6.18 Å². The molecule has 3 nitrogen and oxygen atoms in total. The topological polar surface area (TPSA) is 37.8 Å². The van der Waals surface area contributed by atoms with Crippen molar-refractivity contribution in [1.29, 1.82) is 0 Å². The molecule has 0 radical (unpaired) electrons. The standard InChI is InChI=1S/C14H12F5N3/c1-2-11(9-7-8(15)3-4-10(9)16)21-13-20-6-5-12(22-13)14(17,18)19/h3-7,11H,2H2,1H3,(H,20,21,22).